The number of anilines is 3. The number of nitrogens with one attached hydrogen (secondary N) is 1. The van der Waals surface area contributed by atoms with Crippen LogP contribution in [0.3, 0.4) is 0 Å². The van der Waals surface area contributed by atoms with E-state index in [4.69, 9.17) is 8.83 Å². The van der Waals surface area contributed by atoms with E-state index in [-0.39, 0.29) is 0 Å². The summed E-state index contributed by atoms with van der Waals surface area (Å²) in [7, 11) is 0. The molecule has 0 aliphatic carbocycles. The van der Waals surface area contributed by atoms with Gasteiger partial charge in [-0.2, -0.15) is 0 Å². The third kappa shape index (κ3) is 3.50. The van der Waals surface area contributed by atoms with Crippen molar-refractivity contribution in [2.75, 3.05) is 16.8 Å². The zero-order chi connectivity index (χ0) is 28.8. The van der Waals surface area contributed by atoms with Crippen LogP contribution in [0, 0.1) is 0 Å². The molecule has 4 heterocycles. The van der Waals surface area contributed by atoms with E-state index in [9.17, 15) is 0 Å². The lowest BCUT2D eigenvalue weighted by Crippen LogP contribution is -2.24. The second-order valence-electron chi connectivity index (χ2n) is 11.4. The van der Waals surface area contributed by atoms with Crippen molar-refractivity contribution in [3.8, 4) is 0 Å². The fraction of sp³-hybridized carbons (Fsp3) is 0.0256. The molecule has 0 bridgehead atoms. The van der Waals surface area contributed by atoms with Crippen molar-refractivity contribution in [1.29, 1.82) is 0 Å². The van der Waals surface area contributed by atoms with E-state index < -0.39 is 0 Å². The summed E-state index contributed by atoms with van der Waals surface area (Å²) in [6, 6.07) is 42.8. The molecular weight excluding hydrogens is 561 g/mol. The predicted octanol–water partition coefficient (Wildman–Crippen LogP) is 11.5. The van der Waals surface area contributed by atoms with Crippen LogP contribution >= 0.6 is 11.3 Å². The van der Waals surface area contributed by atoms with Gasteiger partial charge in [0.25, 0.3) is 0 Å². The lowest BCUT2D eigenvalue weighted by molar-refractivity contribution is 0.668. The Morgan fingerprint density at radius 2 is 1.11 bits per heavy atom. The molecule has 0 atom stereocenters. The van der Waals surface area contributed by atoms with Crippen LogP contribution in [0.5, 0.6) is 0 Å². The van der Waals surface area contributed by atoms with Crippen LogP contribution in [0.2, 0.25) is 0 Å². The fourth-order valence-corrected chi connectivity index (χ4v) is 7.97. The van der Waals surface area contributed by atoms with Crippen molar-refractivity contribution in [3.05, 3.63) is 132 Å². The van der Waals surface area contributed by atoms with E-state index >= 15 is 0 Å². The molecular formula is C39H24N2O2S. The van der Waals surface area contributed by atoms with Crippen LogP contribution in [0.1, 0.15) is 4.88 Å². The Morgan fingerprint density at radius 1 is 0.545 bits per heavy atom. The standard InChI is InChI=1S/C39H24N2O2S/c1-2-8-24-18-37-32(17-23(24)7-1)39-38(44-37)21-27(22-40-39)41(25-13-15-35-30(19-25)28-9-3-5-11-33(28)42-35)26-14-16-36-31(20-26)29-10-4-6-12-34(29)43-36/h1-21,40H,22H2. The lowest BCUT2D eigenvalue weighted by atomic mass is 10.1. The van der Waals surface area contributed by atoms with Crippen LogP contribution in [-0.2, 0) is 0 Å². The smallest absolute Gasteiger partial charge is 0.135 e. The summed E-state index contributed by atoms with van der Waals surface area (Å²) < 4.78 is 13.7. The Hall–Kier alpha value is -5.52. The molecule has 1 aliphatic heterocycles. The van der Waals surface area contributed by atoms with Gasteiger partial charge >= 0.3 is 0 Å². The molecule has 44 heavy (non-hydrogen) atoms. The molecule has 1 aliphatic rings. The van der Waals surface area contributed by atoms with Crippen molar-refractivity contribution in [2.24, 2.45) is 0 Å². The highest BCUT2D eigenvalue weighted by Gasteiger charge is 2.24. The van der Waals surface area contributed by atoms with Gasteiger partial charge in [-0.25, -0.2) is 0 Å². The lowest BCUT2D eigenvalue weighted by Gasteiger charge is -2.30. The molecule has 208 valence electrons. The molecule has 10 rings (SSSR count). The van der Waals surface area contributed by atoms with E-state index in [1.807, 2.05) is 35.6 Å². The van der Waals surface area contributed by atoms with Crippen molar-refractivity contribution >= 4 is 99.2 Å². The molecule has 5 heteroatoms. The summed E-state index contributed by atoms with van der Waals surface area (Å²) in [6.07, 6.45) is 2.36. The zero-order valence-corrected chi connectivity index (χ0v) is 24.3. The third-order valence-electron chi connectivity index (χ3n) is 8.85. The van der Waals surface area contributed by atoms with Gasteiger partial charge in [-0.05, 0) is 77.5 Å². The molecule has 0 fully saturated rings. The van der Waals surface area contributed by atoms with E-state index in [0.717, 1.165) is 55.3 Å². The molecule has 0 amide bonds. The Kier molecular flexibility index (Phi) is 4.90. The highest BCUT2D eigenvalue weighted by molar-refractivity contribution is 7.20. The molecule has 0 radical (unpaired) electrons. The zero-order valence-electron chi connectivity index (χ0n) is 23.5. The summed E-state index contributed by atoms with van der Waals surface area (Å²) in [6.45, 7) is 0.694. The van der Waals surface area contributed by atoms with E-state index in [2.05, 4.69) is 113 Å². The van der Waals surface area contributed by atoms with Gasteiger partial charge in [0.05, 0.1) is 17.1 Å². The second kappa shape index (κ2) is 8.99. The maximum absolute atomic E-state index is 6.19. The first-order chi connectivity index (χ1) is 21.8. The molecule has 3 aromatic heterocycles. The van der Waals surface area contributed by atoms with Gasteiger partial charge in [0.2, 0.25) is 0 Å². The number of furan rings is 2. The minimum Gasteiger partial charge on any atom is -0.456 e. The van der Waals surface area contributed by atoms with Crippen LogP contribution in [0.4, 0.5) is 17.1 Å². The molecule has 6 aromatic carbocycles. The number of benzene rings is 6. The third-order valence-corrected chi connectivity index (χ3v) is 9.95. The number of hydrogen-bond acceptors (Lipinski definition) is 5. The Labute approximate surface area is 256 Å². The van der Waals surface area contributed by atoms with Gasteiger partial charge in [-0.3, -0.25) is 0 Å². The highest BCUT2D eigenvalue weighted by Crippen LogP contribution is 2.44. The average Bonchev–Trinajstić information content (AvgIpc) is 3.74. The second-order valence-corrected chi connectivity index (χ2v) is 12.5. The Bertz CT molecular complexity index is 2520. The Morgan fingerprint density at radius 3 is 1.77 bits per heavy atom. The maximum atomic E-state index is 6.19. The van der Waals surface area contributed by atoms with Crippen molar-refractivity contribution in [3.63, 3.8) is 0 Å². The van der Waals surface area contributed by atoms with Gasteiger partial charge in [0, 0.05) is 48.7 Å². The van der Waals surface area contributed by atoms with Gasteiger partial charge in [0.15, 0.2) is 0 Å². The monoisotopic (exact) mass is 584 g/mol. The van der Waals surface area contributed by atoms with Gasteiger partial charge < -0.3 is 19.1 Å². The molecule has 0 saturated carbocycles. The number of thiophene rings is 1. The van der Waals surface area contributed by atoms with Gasteiger partial charge in [0.1, 0.15) is 22.3 Å². The first-order valence-corrected chi connectivity index (χ1v) is 15.6. The van der Waals surface area contributed by atoms with Crippen molar-refractivity contribution < 1.29 is 8.83 Å². The van der Waals surface area contributed by atoms with Crippen molar-refractivity contribution in [2.45, 2.75) is 0 Å². The fourth-order valence-electron chi connectivity index (χ4n) is 6.80. The van der Waals surface area contributed by atoms with Crippen LogP contribution < -0.4 is 10.2 Å². The summed E-state index contributed by atoms with van der Waals surface area (Å²) in [4.78, 5) is 3.62. The average molecular weight is 585 g/mol. The van der Waals surface area contributed by atoms with Gasteiger partial charge in [-0.15, -0.1) is 11.3 Å². The van der Waals surface area contributed by atoms with Gasteiger partial charge in [-0.1, -0.05) is 60.7 Å². The Balaban J connectivity index is 1.20. The maximum Gasteiger partial charge on any atom is 0.135 e. The van der Waals surface area contributed by atoms with E-state index in [0.29, 0.717) is 6.54 Å². The number of rotatable bonds is 3. The molecule has 1 N–H and O–H groups in total. The topological polar surface area (TPSA) is 41.6 Å². The molecule has 0 unspecified atom stereocenters. The number of para-hydroxylation sites is 2. The highest BCUT2D eigenvalue weighted by atomic mass is 32.1. The number of hydrogen-bond donors (Lipinski definition) is 1. The van der Waals surface area contributed by atoms with Crippen LogP contribution in [-0.4, -0.2) is 6.54 Å². The minimum atomic E-state index is 0.694. The van der Waals surface area contributed by atoms with Crippen LogP contribution in [0.25, 0.3) is 70.8 Å². The number of fused-ring (bicyclic) bond motifs is 10. The summed E-state index contributed by atoms with van der Waals surface area (Å²) in [5.74, 6) is 0. The summed E-state index contributed by atoms with van der Waals surface area (Å²) in [5, 5.41) is 12.1. The number of nitrogens with zero attached hydrogens (tertiary/aromatic N) is 1. The largest absolute Gasteiger partial charge is 0.456 e. The first-order valence-electron chi connectivity index (χ1n) is 14.8. The SMILES string of the molecule is C1=C(N(c2ccc3oc4ccccc4c3c2)c2ccc3oc4ccccc4c3c2)CNc2c1sc1cc3ccccc3cc21. The molecule has 4 nitrogen and oxygen atoms in total. The first kappa shape index (κ1) is 24.0. The predicted molar refractivity (Wildman–Crippen MR) is 185 cm³/mol. The van der Waals surface area contributed by atoms with Crippen molar-refractivity contribution in [1.82, 2.24) is 0 Å². The molecule has 0 saturated heterocycles. The summed E-state index contributed by atoms with van der Waals surface area (Å²) in [5.41, 5.74) is 8.14. The minimum absolute atomic E-state index is 0.694. The molecule has 9 aromatic rings. The van der Waals surface area contributed by atoms with E-state index in [1.165, 1.54) is 37.1 Å². The molecule has 0 spiro atoms. The van der Waals surface area contributed by atoms with E-state index in [1.54, 1.807) is 0 Å². The normalized spacial score (nSPS) is 13.2. The quantitative estimate of drug-likeness (QED) is 0.224. The van der Waals surface area contributed by atoms with Crippen LogP contribution in [0.15, 0.2) is 136 Å². The summed E-state index contributed by atoms with van der Waals surface area (Å²) >= 11 is 1.84.